The molecule has 1 heterocycles. The molecular weight excluding hydrogens is 333 g/mol. The number of hydrogen-bond acceptors (Lipinski definition) is 2. The average Bonchev–Trinajstić information content (AvgIpc) is 3.08. The molecule has 5 nitrogen and oxygen atoms in total. The molecule has 2 aromatic rings. The number of benzene rings is 2. The summed E-state index contributed by atoms with van der Waals surface area (Å²) in [6.45, 7) is 3.22. The second kappa shape index (κ2) is 7.99. The summed E-state index contributed by atoms with van der Waals surface area (Å²) in [4.78, 5) is 26.6. The van der Waals surface area contributed by atoms with Gasteiger partial charge in [0.1, 0.15) is 5.82 Å². The number of carbonyl (C=O) groups is 2. The summed E-state index contributed by atoms with van der Waals surface area (Å²) in [6, 6.07) is 10.8. The zero-order valence-electron chi connectivity index (χ0n) is 14.7. The molecule has 2 aromatic carbocycles. The first-order chi connectivity index (χ1) is 12.6. The first kappa shape index (κ1) is 17.9. The summed E-state index contributed by atoms with van der Waals surface area (Å²) in [5.74, 6) is -0.454. The van der Waals surface area contributed by atoms with E-state index in [0.717, 1.165) is 24.1 Å². The van der Waals surface area contributed by atoms with Gasteiger partial charge in [-0.05, 0) is 54.8 Å². The Morgan fingerprint density at radius 1 is 1.15 bits per heavy atom. The van der Waals surface area contributed by atoms with Gasteiger partial charge in [-0.3, -0.25) is 9.69 Å². The SMILES string of the molecule is CCCCNC(=O)c1cccc2c1CCN2C(=O)Nc1ccc(F)cc1. The molecule has 0 saturated carbocycles. The Balaban J connectivity index is 1.74. The third-order valence-corrected chi connectivity index (χ3v) is 4.43. The summed E-state index contributed by atoms with van der Waals surface area (Å²) in [5, 5.41) is 5.69. The van der Waals surface area contributed by atoms with Crippen LogP contribution in [0.1, 0.15) is 35.7 Å². The number of amides is 3. The van der Waals surface area contributed by atoms with Crippen LogP contribution in [0.2, 0.25) is 0 Å². The van der Waals surface area contributed by atoms with E-state index < -0.39 is 0 Å². The summed E-state index contributed by atoms with van der Waals surface area (Å²) in [5.41, 5.74) is 2.78. The highest BCUT2D eigenvalue weighted by molar-refractivity contribution is 6.05. The molecule has 1 aliphatic heterocycles. The number of fused-ring (bicyclic) bond motifs is 1. The van der Waals surface area contributed by atoms with E-state index >= 15 is 0 Å². The molecule has 26 heavy (non-hydrogen) atoms. The maximum absolute atomic E-state index is 13.0. The number of rotatable bonds is 5. The van der Waals surface area contributed by atoms with E-state index in [9.17, 15) is 14.0 Å². The maximum atomic E-state index is 13.0. The van der Waals surface area contributed by atoms with Gasteiger partial charge in [-0.2, -0.15) is 0 Å². The Labute approximate surface area is 152 Å². The topological polar surface area (TPSA) is 61.4 Å². The zero-order chi connectivity index (χ0) is 18.5. The van der Waals surface area contributed by atoms with E-state index in [1.54, 1.807) is 17.0 Å². The molecular formula is C20H22FN3O2. The molecule has 0 saturated heterocycles. The molecule has 0 radical (unpaired) electrons. The van der Waals surface area contributed by atoms with Crippen molar-refractivity contribution in [3.8, 4) is 0 Å². The van der Waals surface area contributed by atoms with Crippen LogP contribution in [0.5, 0.6) is 0 Å². The van der Waals surface area contributed by atoms with Gasteiger partial charge in [0.25, 0.3) is 5.91 Å². The van der Waals surface area contributed by atoms with Crippen molar-refractivity contribution in [3.63, 3.8) is 0 Å². The average molecular weight is 355 g/mol. The Kier molecular flexibility index (Phi) is 5.51. The van der Waals surface area contributed by atoms with Crippen LogP contribution in [0.15, 0.2) is 42.5 Å². The molecule has 0 atom stereocenters. The van der Waals surface area contributed by atoms with Gasteiger partial charge in [-0.15, -0.1) is 0 Å². The Bertz CT molecular complexity index is 805. The third-order valence-electron chi connectivity index (χ3n) is 4.43. The van der Waals surface area contributed by atoms with Gasteiger partial charge < -0.3 is 10.6 Å². The van der Waals surface area contributed by atoms with Crippen LogP contribution < -0.4 is 15.5 Å². The minimum absolute atomic E-state index is 0.101. The van der Waals surface area contributed by atoms with E-state index in [1.807, 2.05) is 6.07 Å². The van der Waals surface area contributed by atoms with Crippen LogP contribution in [-0.2, 0) is 6.42 Å². The van der Waals surface area contributed by atoms with E-state index in [-0.39, 0.29) is 17.8 Å². The molecule has 1 aliphatic rings. The lowest BCUT2D eigenvalue weighted by Crippen LogP contribution is -2.33. The van der Waals surface area contributed by atoms with Crippen LogP contribution in [0.25, 0.3) is 0 Å². The van der Waals surface area contributed by atoms with Crippen molar-refractivity contribution >= 4 is 23.3 Å². The van der Waals surface area contributed by atoms with Crippen molar-refractivity contribution in [3.05, 3.63) is 59.4 Å². The van der Waals surface area contributed by atoms with Gasteiger partial charge in [-0.1, -0.05) is 19.4 Å². The van der Waals surface area contributed by atoms with Gasteiger partial charge in [-0.25, -0.2) is 9.18 Å². The molecule has 0 spiro atoms. The van der Waals surface area contributed by atoms with E-state index in [4.69, 9.17) is 0 Å². The van der Waals surface area contributed by atoms with E-state index in [1.165, 1.54) is 24.3 Å². The van der Waals surface area contributed by atoms with Crippen molar-refractivity contribution in [2.45, 2.75) is 26.2 Å². The number of halogens is 1. The minimum atomic E-state index is -0.353. The molecule has 3 rings (SSSR count). The second-order valence-corrected chi connectivity index (χ2v) is 6.25. The Morgan fingerprint density at radius 3 is 2.65 bits per heavy atom. The smallest absolute Gasteiger partial charge is 0.326 e. The molecule has 6 heteroatoms. The molecule has 136 valence electrons. The third kappa shape index (κ3) is 3.85. The number of nitrogens with zero attached hydrogens (tertiary/aromatic N) is 1. The first-order valence-corrected chi connectivity index (χ1v) is 8.84. The Hall–Kier alpha value is -2.89. The van der Waals surface area contributed by atoms with Crippen LogP contribution >= 0.6 is 0 Å². The van der Waals surface area contributed by atoms with Crippen molar-refractivity contribution in [1.29, 1.82) is 0 Å². The zero-order valence-corrected chi connectivity index (χ0v) is 14.7. The summed E-state index contributed by atoms with van der Waals surface area (Å²) in [6.07, 6.45) is 2.58. The number of anilines is 2. The fourth-order valence-corrected chi connectivity index (χ4v) is 3.06. The fraction of sp³-hybridized carbons (Fsp3) is 0.300. The van der Waals surface area contributed by atoms with Crippen LogP contribution in [0.4, 0.5) is 20.6 Å². The number of nitrogens with one attached hydrogen (secondary N) is 2. The largest absolute Gasteiger partial charge is 0.352 e. The standard InChI is InChI=1S/C20H22FN3O2/c1-2-3-12-22-19(25)17-5-4-6-18-16(17)11-13-24(18)20(26)23-15-9-7-14(21)8-10-15/h4-10H,2-3,11-13H2,1H3,(H,22,25)(H,23,26). The number of unbranched alkanes of at least 4 members (excludes halogenated alkanes) is 1. The van der Waals surface area contributed by atoms with Gasteiger partial charge in [0.05, 0.1) is 0 Å². The lowest BCUT2D eigenvalue weighted by atomic mass is 10.0. The lowest BCUT2D eigenvalue weighted by Gasteiger charge is -2.18. The van der Waals surface area contributed by atoms with Crippen LogP contribution in [-0.4, -0.2) is 25.0 Å². The second-order valence-electron chi connectivity index (χ2n) is 6.25. The van der Waals surface area contributed by atoms with Crippen LogP contribution in [0, 0.1) is 5.82 Å². The summed E-state index contributed by atoms with van der Waals surface area (Å²) >= 11 is 0. The predicted molar refractivity (Wildman–Crippen MR) is 100 cm³/mol. The lowest BCUT2D eigenvalue weighted by molar-refractivity contribution is 0.0952. The van der Waals surface area contributed by atoms with Crippen molar-refractivity contribution in [2.24, 2.45) is 0 Å². The molecule has 0 aliphatic carbocycles. The number of carbonyl (C=O) groups excluding carboxylic acids is 2. The number of hydrogen-bond donors (Lipinski definition) is 2. The van der Waals surface area contributed by atoms with E-state index in [0.29, 0.717) is 30.8 Å². The maximum Gasteiger partial charge on any atom is 0.326 e. The first-order valence-electron chi connectivity index (χ1n) is 8.84. The molecule has 0 bridgehead atoms. The highest BCUT2D eigenvalue weighted by Gasteiger charge is 2.28. The van der Waals surface area contributed by atoms with Crippen molar-refractivity contribution in [2.75, 3.05) is 23.3 Å². The monoisotopic (exact) mass is 355 g/mol. The summed E-state index contributed by atoms with van der Waals surface area (Å²) < 4.78 is 13.0. The highest BCUT2D eigenvalue weighted by atomic mass is 19.1. The normalized spacial score (nSPS) is 12.6. The number of urea groups is 1. The minimum Gasteiger partial charge on any atom is -0.352 e. The van der Waals surface area contributed by atoms with Gasteiger partial charge in [0.2, 0.25) is 0 Å². The molecule has 3 amide bonds. The molecule has 0 unspecified atom stereocenters. The highest BCUT2D eigenvalue weighted by Crippen LogP contribution is 2.31. The summed E-state index contributed by atoms with van der Waals surface area (Å²) in [7, 11) is 0. The fourth-order valence-electron chi connectivity index (χ4n) is 3.06. The molecule has 0 aromatic heterocycles. The molecule has 2 N–H and O–H groups in total. The quantitative estimate of drug-likeness (QED) is 0.798. The van der Waals surface area contributed by atoms with Gasteiger partial charge in [0.15, 0.2) is 0 Å². The van der Waals surface area contributed by atoms with Crippen LogP contribution in [0.3, 0.4) is 0 Å². The van der Waals surface area contributed by atoms with E-state index in [2.05, 4.69) is 17.6 Å². The van der Waals surface area contributed by atoms with Gasteiger partial charge in [0, 0.05) is 30.0 Å². The predicted octanol–water partition coefficient (Wildman–Crippen LogP) is 3.95. The molecule has 0 fully saturated rings. The Morgan fingerprint density at radius 2 is 1.92 bits per heavy atom. The van der Waals surface area contributed by atoms with Crippen molar-refractivity contribution in [1.82, 2.24) is 5.32 Å². The van der Waals surface area contributed by atoms with Gasteiger partial charge >= 0.3 is 6.03 Å². The van der Waals surface area contributed by atoms with Crippen molar-refractivity contribution < 1.29 is 14.0 Å².